The number of sulfonamides is 1. The molecule has 6 nitrogen and oxygen atoms in total. The van der Waals surface area contributed by atoms with Crippen molar-refractivity contribution < 1.29 is 17.9 Å². The summed E-state index contributed by atoms with van der Waals surface area (Å²) < 4.78 is 32.4. The van der Waals surface area contributed by atoms with Gasteiger partial charge in [0.2, 0.25) is 15.9 Å². The van der Waals surface area contributed by atoms with E-state index < -0.39 is 16.1 Å². The minimum Gasteiger partial charge on any atom is -0.488 e. The van der Waals surface area contributed by atoms with E-state index in [1.165, 1.54) is 4.31 Å². The second kappa shape index (κ2) is 7.56. The van der Waals surface area contributed by atoms with Gasteiger partial charge in [0.25, 0.3) is 0 Å². The Labute approximate surface area is 165 Å². The third kappa shape index (κ3) is 3.64. The van der Waals surface area contributed by atoms with Crippen molar-refractivity contribution in [3.8, 4) is 5.75 Å². The predicted octanol–water partition coefficient (Wildman–Crippen LogP) is 1.88. The van der Waals surface area contributed by atoms with Crippen molar-refractivity contribution in [3.05, 3.63) is 65.2 Å². The van der Waals surface area contributed by atoms with Crippen LogP contribution in [0.4, 0.5) is 0 Å². The molecule has 28 heavy (non-hydrogen) atoms. The zero-order chi connectivity index (χ0) is 19.7. The summed E-state index contributed by atoms with van der Waals surface area (Å²) in [4.78, 5) is 12.9. The number of ether oxygens (including phenoxy) is 1. The Morgan fingerprint density at radius 2 is 1.75 bits per heavy atom. The standard InChI is InChI=1S/C21H24N2O4S/c1-2-28(25,26)23-14-17-9-4-3-7-15(17)12-19(23)21(24)22-13-18-11-16-8-5-6-10-20(16)27-18/h3-10,18-19H,2,11-14H2,1H3,(H,22,24). The smallest absolute Gasteiger partial charge is 0.238 e. The molecule has 0 saturated heterocycles. The monoisotopic (exact) mass is 400 g/mol. The Bertz CT molecular complexity index is 964. The number of amides is 1. The van der Waals surface area contributed by atoms with Gasteiger partial charge in [0.15, 0.2) is 0 Å². The van der Waals surface area contributed by atoms with Gasteiger partial charge in [0.05, 0.1) is 12.3 Å². The van der Waals surface area contributed by atoms with Gasteiger partial charge in [-0.2, -0.15) is 4.31 Å². The molecule has 2 aliphatic rings. The van der Waals surface area contributed by atoms with E-state index in [4.69, 9.17) is 4.74 Å². The first kappa shape index (κ1) is 19.0. The first-order valence-electron chi connectivity index (χ1n) is 9.56. The Morgan fingerprint density at radius 1 is 1.07 bits per heavy atom. The van der Waals surface area contributed by atoms with Crippen LogP contribution in [-0.4, -0.2) is 43.1 Å². The molecule has 4 rings (SSSR count). The summed E-state index contributed by atoms with van der Waals surface area (Å²) in [5, 5.41) is 2.92. The van der Waals surface area contributed by atoms with E-state index in [1.54, 1.807) is 6.92 Å². The molecule has 0 spiro atoms. The number of fused-ring (bicyclic) bond motifs is 2. The van der Waals surface area contributed by atoms with Crippen molar-refractivity contribution in [2.24, 2.45) is 0 Å². The molecule has 148 valence electrons. The van der Waals surface area contributed by atoms with Crippen LogP contribution < -0.4 is 10.1 Å². The summed E-state index contributed by atoms with van der Waals surface area (Å²) in [5.41, 5.74) is 3.11. The average Bonchev–Trinajstić information content (AvgIpc) is 3.14. The number of hydrogen-bond donors (Lipinski definition) is 1. The van der Waals surface area contributed by atoms with Gasteiger partial charge in [-0.15, -0.1) is 0 Å². The molecule has 2 atom stereocenters. The van der Waals surface area contributed by atoms with Crippen molar-refractivity contribution in [2.75, 3.05) is 12.3 Å². The highest BCUT2D eigenvalue weighted by molar-refractivity contribution is 7.89. The molecule has 0 aromatic heterocycles. The molecule has 7 heteroatoms. The van der Waals surface area contributed by atoms with E-state index in [1.807, 2.05) is 48.5 Å². The van der Waals surface area contributed by atoms with Gasteiger partial charge >= 0.3 is 0 Å². The molecule has 2 unspecified atom stereocenters. The summed E-state index contributed by atoms with van der Waals surface area (Å²) in [6.07, 6.45) is 0.988. The Balaban J connectivity index is 1.47. The van der Waals surface area contributed by atoms with E-state index in [0.717, 1.165) is 28.9 Å². The molecule has 1 N–H and O–H groups in total. The van der Waals surface area contributed by atoms with Gasteiger partial charge in [0, 0.05) is 13.0 Å². The maximum Gasteiger partial charge on any atom is 0.238 e. The maximum absolute atomic E-state index is 12.9. The van der Waals surface area contributed by atoms with Crippen LogP contribution in [0.1, 0.15) is 23.6 Å². The molecular formula is C21H24N2O4S. The lowest BCUT2D eigenvalue weighted by Crippen LogP contribution is -2.53. The summed E-state index contributed by atoms with van der Waals surface area (Å²) in [5.74, 6) is 0.551. The number of para-hydroxylation sites is 1. The zero-order valence-corrected chi connectivity index (χ0v) is 16.6. The fourth-order valence-electron chi connectivity index (χ4n) is 3.88. The molecule has 0 fully saturated rings. The second-order valence-corrected chi connectivity index (χ2v) is 9.44. The molecule has 0 saturated carbocycles. The number of carbonyl (C=O) groups excluding carboxylic acids is 1. The summed E-state index contributed by atoms with van der Waals surface area (Å²) in [6, 6.07) is 14.8. The quantitative estimate of drug-likeness (QED) is 0.832. The van der Waals surface area contributed by atoms with E-state index in [0.29, 0.717) is 13.0 Å². The highest BCUT2D eigenvalue weighted by Gasteiger charge is 2.38. The Morgan fingerprint density at radius 3 is 2.46 bits per heavy atom. The van der Waals surface area contributed by atoms with E-state index in [9.17, 15) is 13.2 Å². The van der Waals surface area contributed by atoms with Gasteiger partial charge in [-0.3, -0.25) is 4.79 Å². The number of nitrogens with one attached hydrogen (secondary N) is 1. The van der Waals surface area contributed by atoms with Crippen molar-refractivity contribution in [3.63, 3.8) is 0 Å². The van der Waals surface area contributed by atoms with Crippen LogP contribution in [0.3, 0.4) is 0 Å². The largest absolute Gasteiger partial charge is 0.488 e. The third-order valence-corrected chi connectivity index (χ3v) is 7.28. The summed E-state index contributed by atoms with van der Waals surface area (Å²) in [6.45, 7) is 2.19. The number of nitrogens with zero attached hydrogens (tertiary/aromatic N) is 1. The van der Waals surface area contributed by atoms with E-state index in [-0.39, 0.29) is 24.3 Å². The molecule has 2 heterocycles. The van der Waals surface area contributed by atoms with Gasteiger partial charge in [0.1, 0.15) is 17.9 Å². The fourth-order valence-corrected chi connectivity index (χ4v) is 5.11. The van der Waals surface area contributed by atoms with Gasteiger partial charge < -0.3 is 10.1 Å². The third-order valence-electron chi connectivity index (χ3n) is 5.45. The lowest BCUT2D eigenvalue weighted by atomic mass is 9.95. The number of benzene rings is 2. The van der Waals surface area contributed by atoms with Crippen LogP contribution in [0.15, 0.2) is 48.5 Å². The summed E-state index contributed by atoms with van der Waals surface area (Å²) in [7, 11) is -3.50. The topological polar surface area (TPSA) is 75.7 Å². The Hall–Kier alpha value is -2.38. The van der Waals surface area contributed by atoms with Crippen LogP contribution in [0.2, 0.25) is 0 Å². The highest BCUT2D eigenvalue weighted by Crippen LogP contribution is 2.28. The van der Waals surface area contributed by atoms with Crippen molar-refractivity contribution >= 4 is 15.9 Å². The van der Waals surface area contributed by atoms with Crippen molar-refractivity contribution in [1.29, 1.82) is 0 Å². The summed E-state index contributed by atoms with van der Waals surface area (Å²) >= 11 is 0. The number of carbonyl (C=O) groups is 1. The first-order chi connectivity index (χ1) is 13.5. The number of rotatable bonds is 5. The normalized spacial score (nSPS) is 21.5. The van der Waals surface area contributed by atoms with Crippen LogP contribution in [-0.2, 0) is 34.2 Å². The van der Waals surface area contributed by atoms with Gasteiger partial charge in [-0.1, -0.05) is 42.5 Å². The lowest BCUT2D eigenvalue weighted by Gasteiger charge is -2.35. The number of hydrogen-bond acceptors (Lipinski definition) is 4. The minimum absolute atomic E-state index is 0.0278. The maximum atomic E-state index is 12.9. The lowest BCUT2D eigenvalue weighted by molar-refractivity contribution is -0.125. The molecule has 2 aliphatic heterocycles. The average molecular weight is 401 g/mol. The molecule has 2 aromatic carbocycles. The predicted molar refractivity (Wildman–Crippen MR) is 107 cm³/mol. The SMILES string of the molecule is CCS(=O)(=O)N1Cc2ccccc2CC1C(=O)NCC1Cc2ccccc2O1. The van der Waals surface area contributed by atoms with Crippen LogP contribution in [0.5, 0.6) is 5.75 Å². The van der Waals surface area contributed by atoms with E-state index >= 15 is 0 Å². The molecule has 0 bridgehead atoms. The first-order valence-corrected chi connectivity index (χ1v) is 11.2. The van der Waals surface area contributed by atoms with Crippen LogP contribution >= 0.6 is 0 Å². The Kier molecular flexibility index (Phi) is 5.12. The highest BCUT2D eigenvalue weighted by atomic mass is 32.2. The van der Waals surface area contributed by atoms with Crippen LogP contribution in [0.25, 0.3) is 0 Å². The van der Waals surface area contributed by atoms with Gasteiger partial charge in [-0.25, -0.2) is 8.42 Å². The minimum atomic E-state index is -3.50. The van der Waals surface area contributed by atoms with Crippen LogP contribution in [0, 0.1) is 0 Å². The zero-order valence-electron chi connectivity index (χ0n) is 15.8. The fraction of sp³-hybridized carbons (Fsp3) is 0.381. The van der Waals surface area contributed by atoms with Crippen molar-refractivity contribution in [2.45, 2.75) is 38.5 Å². The second-order valence-electron chi connectivity index (χ2n) is 7.23. The molecule has 2 aromatic rings. The van der Waals surface area contributed by atoms with Gasteiger partial charge in [-0.05, 0) is 36.1 Å². The molecular weight excluding hydrogens is 376 g/mol. The van der Waals surface area contributed by atoms with E-state index in [2.05, 4.69) is 5.32 Å². The van der Waals surface area contributed by atoms with Crippen molar-refractivity contribution in [1.82, 2.24) is 9.62 Å². The molecule has 1 amide bonds. The molecule has 0 radical (unpaired) electrons. The molecule has 0 aliphatic carbocycles.